The van der Waals surface area contributed by atoms with Gasteiger partial charge in [0.25, 0.3) is 0 Å². The van der Waals surface area contributed by atoms with Crippen LogP contribution in [0.15, 0.2) is 55.0 Å². The number of aliphatic hydroxyl groups excluding tert-OH is 3. The van der Waals surface area contributed by atoms with E-state index in [0.29, 0.717) is 25.1 Å². The van der Waals surface area contributed by atoms with Crippen LogP contribution >= 0.6 is 0 Å². The minimum absolute atomic E-state index is 0.0485. The van der Waals surface area contributed by atoms with Crippen molar-refractivity contribution in [3.63, 3.8) is 0 Å². The molecule has 3 fully saturated rings. The van der Waals surface area contributed by atoms with Crippen LogP contribution in [0.5, 0.6) is 0 Å². The number of ether oxygens (including phenoxy) is 8. The molecular formula is C55H85FN5O15+. The molecule has 5 N–H and O–H groups in total. The summed E-state index contributed by atoms with van der Waals surface area (Å²) < 4.78 is 67.8. The van der Waals surface area contributed by atoms with Crippen LogP contribution in [0.1, 0.15) is 118 Å². The Balaban J connectivity index is 1.25. The van der Waals surface area contributed by atoms with Crippen LogP contribution in [0.3, 0.4) is 0 Å². The van der Waals surface area contributed by atoms with Gasteiger partial charge in [0.1, 0.15) is 48.5 Å². The van der Waals surface area contributed by atoms with Crippen LogP contribution in [0.2, 0.25) is 0 Å². The van der Waals surface area contributed by atoms with Crippen molar-refractivity contribution in [1.82, 2.24) is 19.9 Å². The topological polar surface area (TPSA) is 247 Å². The monoisotopic (exact) mass is 1070 g/mol. The van der Waals surface area contributed by atoms with Gasteiger partial charge in [0.15, 0.2) is 12.6 Å². The first-order valence-corrected chi connectivity index (χ1v) is 26.6. The fourth-order valence-corrected chi connectivity index (χ4v) is 11.4. The molecule has 3 saturated heterocycles. The normalized spacial score (nSPS) is 37.1. The average Bonchev–Trinajstić information content (AvgIpc) is 3.88. The maximum atomic E-state index is 14.9. The summed E-state index contributed by atoms with van der Waals surface area (Å²) in [6.07, 6.45) is -5.62. The lowest BCUT2D eigenvalue weighted by Gasteiger charge is -2.49. The fraction of sp³-hybridized carbons (Fsp3) is 0.727. The van der Waals surface area contributed by atoms with Crippen molar-refractivity contribution >= 4 is 11.8 Å². The molecule has 20 nitrogen and oxygen atoms in total. The lowest BCUT2D eigenvalue weighted by molar-refractivity contribution is -0.904. The van der Waals surface area contributed by atoms with Gasteiger partial charge in [-0.05, 0) is 85.0 Å². The fourth-order valence-electron chi connectivity index (χ4n) is 11.4. The number of pyridine rings is 1. The van der Waals surface area contributed by atoms with E-state index in [1.165, 1.54) is 46.1 Å². The van der Waals surface area contributed by atoms with Gasteiger partial charge in [0.05, 0.1) is 58.9 Å². The molecule has 0 amide bonds. The lowest BCUT2D eigenvalue weighted by atomic mass is 9.76. The number of hydrogen-bond acceptors (Lipinski definition) is 18. The number of hydrogen-bond donors (Lipinski definition) is 5. The number of halogens is 1. The number of methoxy groups -OCH3 is 3. The Morgan fingerprint density at radius 2 is 1.62 bits per heavy atom. The molecule has 0 radical (unpaired) electrons. The van der Waals surface area contributed by atoms with Crippen molar-refractivity contribution < 1.29 is 82.2 Å². The number of esters is 1. The Morgan fingerprint density at radius 3 is 2.24 bits per heavy atom. The summed E-state index contributed by atoms with van der Waals surface area (Å²) in [7, 11) is 6.35. The number of rotatable bonds is 17. The Bertz CT molecular complexity index is 2350. The molecule has 0 bridgehead atoms. The summed E-state index contributed by atoms with van der Waals surface area (Å²) in [5, 5.41) is 65.3. The van der Waals surface area contributed by atoms with Crippen LogP contribution in [-0.4, -0.2) is 183 Å². The molecule has 0 aliphatic carbocycles. The molecule has 3 aromatic rings. The van der Waals surface area contributed by atoms with Gasteiger partial charge in [0.2, 0.25) is 12.4 Å². The molecule has 21 heteroatoms. The molecule has 5 heterocycles. The highest BCUT2D eigenvalue weighted by Gasteiger charge is 2.53. The van der Waals surface area contributed by atoms with Crippen molar-refractivity contribution in [2.75, 3.05) is 41.6 Å². The second-order valence-corrected chi connectivity index (χ2v) is 22.0. The van der Waals surface area contributed by atoms with E-state index >= 15 is 0 Å². The summed E-state index contributed by atoms with van der Waals surface area (Å²) in [6.45, 7) is 14.7. The van der Waals surface area contributed by atoms with Crippen molar-refractivity contribution in [2.24, 2.45) is 17.8 Å². The number of carbonyl (C=O) groups excluding carboxylic acids is 2. The number of likely N-dealkylation sites (N-methyl/N-ethyl adjacent to an activating group) is 1. The summed E-state index contributed by atoms with van der Waals surface area (Å²) in [5.41, 5.74) is -1.47. The first-order valence-electron chi connectivity index (χ1n) is 26.6. The number of alkyl halides is 1. The molecule has 19 atom stereocenters. The Morgan fingerprint density at radius 1 is 0.934 bits per heavy atom. The third-order valence-electron chi connectivity index (χ3n) is 16.6. The predicted molar refractivity (Wildman–Crippen MR) is 273 cm³/mol. The molecule has 1 aromatic carbocycles. The SMILES string of the molecule is CC[C@H]1OC(=O)[C@H](C)[C@@H](O[C@H]2C[C@@](C)(OC)[C@@H](O)[C@H](C)O2)[C@H](C)[C@@H](O[C@@H]2O[C@H](C)C[C@H](N(C)CCc3cn([C@H](CF)[C@H](OC)c4ccc(-c5ccc[n+](O)c5)cc4)nn3)[C@H]2O)[C@](C)(OC)CCC(=O)[C@H](C)[C@@H](O)[C@]1(C)O. The lowest BCUT2D eigenvalue weighted by Crippen LogP contribution is -2.61. The van der Waals surface area contributed by atoms with E-state index < -0.39 is 127 Å². The average molecular weight is 1080 g/mol. The quantitative estimate of drug-likeness (QED) is 0.0710. The zero-order valence-corrected chi connectivity index (χ0v) is 46.5. The van der Waals surface area contributed by atoms with Crippen LogP contribution in [0.25, 0.3) is 11.1 Å². The number of aliphatic hydroxyl groups is 4. The molecular weight excluding hydrogens is 990 g/mol. The van der Waals surface area contributed by atoms with Gasteiger partial charge in [-0.1, -0.05) is 50.3 Å². The van der Waals surface area contributed by atoms with Crippen LogP contribution in [-0.2, 0) is 53.9 Å². The molecule has 0 unspecified atom stereocenters. The largest absolute Gasteiger partial charge is 0.459 e. The van der Waals surface area contributed by atoms with E-state index in [9.17, 15) is 39.6 Å². The second-order valence-electron chi connectivity index (χ2n) is 22.0. The van der Waals surface area contributed by atoms with Crippen LogP contribution < -0.4 is 4.73 Å². The van der Waals surface area contributed by atoms with Crippen molar-refractivity contribution in [3.05, 3.63) is 66.2 Å². The van der Waals surface area contributed by atoms with Crippen LogP contribution in [0, 0.1) is 17.8 Å². The van der Waals surface area contributed by atoms with E-state index in [4.69, 9.17) is 37.9 Å². The summed E-state index contributed by atoms with van der Waals surface area (Å²) in [4.78, 5) is 30.4. The Kier molecular flexibility index (Phi) is 20.7. The third-order valence-corrected chi connectivity index (χ3v) is 16.6. The van der Waals surface area contributed by atoms with Gasteiger partial charge in [-0.15, -0.1) is 5.10 Å². The smallest absolute Gasteiger partial charge is 0.311 e. The zero-order valence-electron chi connectivity index (χ0n) is 46.5. The molecule has 426 valence electrons. The zero-order chi connectivity index (χ0) is 56.0. The summed E-state index contributed by atoms with van der Waals surface area (Å²) >= 11 is 0. The molecule has 3 aliphatic heterocycles. The number of benzene rings is 1. The highest BCUT2D eigenvalue weighted by atomic mass is 19.1. The van der Waals surface area contributed by atoms with Gasteiger partial charge >= 0.3 is 5.97 Å². The Labute approximate surface area is 446 Å². The van der Waals surface area contributed by atoms with Gasteiger partial charge in [0, 0.05) is 82.0 Å². The first kappa shape index (κ1) is 61.1. The highest BCUT2D eigenvalue weighted by molar-refractivity contribution is 5.81. The first-order chi connectivity index (χ1) is 35.9. The number of nitrogens with zero attached hydrogens (tertiary/aromatic N) is 5. The second kappa shape index (κ2) is 25.8. The summed E-state index contributed by atoms with van der Waals surface area (Å²) in [6, 6.07) is 9.72. The van der Waals surface area contributed by atoms with E-state index in [1.54, 1.807) is 53.1 Å². The standard InChI is InChI=1S/C55H85FN5O15/c1-14-43-55(9,67)48(64)32(3)42(62)21-23-53(7,70-12)50(33(4)46(34(5)51(66)74-43)75-44-27-54(8,71-13)49(65)35(6)73-44)76-52-45(63)40(26-31(2)72-52)59(10)25-22-39-30-61(58-57-39)41(28-56)47(69-11)37-19-17-36(18-20-37)38-16-15-24-60(68)29-38/h15-20,24,29-35,40-41,43-50,52,63-65,67-68H,14,21-23,25-28H2,1-13H3/q+1/t31-,32+,33+,34-,35+,40+,41-,43-,44+,45-,46+,47-,48-,49+,50-,52+,53-,54-,55-/m1/s1. The van der Waals surface area contributed by atoms with Crippen molar-refractivity contribution in [2.45, 2.75) is 197 Å². The molecule has 0 spiro atoms. The minimum Gasteiger partial charge on any atom is -0.459 e. The molecule has 2 aromatic heterocycles. The van der Waals surface area contributed by atoms with Gasteiger partial charge < -0.3 is 63.2 Å². The number of ketones is 1. The number of cyclic esters (lactones) is 1. The molecule has 76 heavy (non-hydrogen) atoms. The highest BCUT2D eigenvalue weighted by Crippen LogP contribution is 2.41. The predicted octanol–water partition coefficient (Wildman–Crippen LogP) is 4.49. The molecule has 3 aliphatic rings. The van der Waals surface area contributed by atoms with E-state index in [-0.39, 0.29) is 31.5 Å². The van der Waals surface area contributed by atoms with Gasteiger partial charge in [-0.2, -0.15) is 0 Å². The van der Waals surface area contributed by atoms with E-state index in [1.807, 2.05) is 56.1 Å². The third kappa shape index (κ3) is 13.5. The Hall–Kier alpha value is -4.10. The van der Waals surface area contributed by atoms with Gasteiger partial charge in [-0.25, -0.2) is 9.07 Å². The molecule has 0 saturated carbocycles. The van der Waals surface area contributed by atoms with Crippen LogP contribution in [0.4, 0.5) is 4.39 Å². The molecule has 6 rings (SSSR count). The van der Waals surface area contributed by atoms with Crippen molar-refractivity contribution in [3.8, 4) is 11.1 Å². The minimum atomic E-state index is -2.01. The van der Waals surface area contributed by atoms with E-state index in [2.05, 4.69) is 10.3 Å². The maximum absolute atomic E-state index is 14.9. The van der Waals surface area contributed by atoms with Gasteiger partial charge in [-0.3, -0.25) is 14.8 Å². The van der Waals surface area contributed by atoms with Crippen molar-refractivity contribution in [1.29, 1.82) is 0 Å². The summed E-state index contributed by atoms with van der Waals surface area (Å²) in [5.74, 6) is -4.09. The number of aromatic nitrogens is 4. The number of carbonyl (C=O) groups is 2. The van der Waals surface area contributed by atoms with E-state index in [0.717, 1.165) is 21.4 Å². The number of Topliss-reactive ketones (excluding diaryl/α,β-unsaturated/α-hetero) is 1. The maximum Gasteiger partial charge on any atom is 0.311 e.